The summed E-state index contributed by atoms with van der Waals surface area (Å²) < 4.78 is 1.35. The lowest BCUT2D eigenvalue weighted by Gasteiger charge is -2.29. The molecule has 1 aromatic heterocycles. The van der Waals surface area contributed by atoms with Gasteiger partial charge in [0.05, 0.1) is 0 Å². The van der Waals surface area contributed by atoms with E-state index in [1.54, 1.807) is 7.05 Å². The van der Waals surface area contributed by atoms with Crippen LogP contribution in [0.3, 0.4) is 0 Å². The van der Waals surface area contributed by atoms with Gasteiger partial charge in [0.1, 0.15) is 5.56 Å². The number of nitrogens with zero attached hydrogens (tertiary/aromatic N) is 2. The van der Waals surface area contributed by atoms with Crippen LogP contribution in [0.2, 0.25) is 0 Å². The van der Waals surface area contributed by atoms with Crippen molar-refractivity contribution in [2.45, 2.75) is 38.6 Å². The second-order valence-corrected chi connectivity index (χ2v) is 5.21. The van der Waals surface area contributed by atoms with Crippen LogP contribution in [0.1, 0.15) is 53.5 Å². The third-order valence-electron chi connectivity index (χ3n) is 3.70. The van der Waals surface area contributed by atoms with Gasteiger partial charge in [-0.3, -0.25) is 9.48 Å². The number of carboxylic acids is 1. The average Bonchev–Trinajstić information content (AvgIpc) is 2.74. The average molecular weight is 265 g/mol. The maximum Gasteiger partial charge on any atom is 0.339 e. The zero-order valence-electron chi connectivity index (χ0n) is 11.2. The van der Waals surface area contributed by atoms with Crippen molar-refractivity contribution in [3.63, 3.8) is 0 Å². The molecular formula is C13H19N3O3. The summed E-state index contributed by atoms with van der Waals surface area (Å²) >= 11 is 0. The van der Waals surface area contributed by atoms with Crippen LogP contribution in [0.4, 0.5) is 0 Å². The van der Waals surface area contributed by atoms with Crippen molar-refractivity contribution < 1.29 is 14.7 Å². The molecule has 0 radical (unpaired) electrons. The van der Waals surface area contributed by atoms with Crippen molar-refractivity contribution in [3.8, 4) is 0 Å². The molecule has 1 heterocycles. The summed E-state index contributed by atoms with van der Waals surface area (Å²) in [5.74, 6) is -1.10. The summed E-state index contributed by atoms with van der Waals surface area (Å²) in [5.41, 5.74) is -0.0590. The van der Waals surface area contributed by atoms with Crippen molar-refractivity contribution in [1.29, 1.82) is 0 Å². The molecule has 2 N–H and O–H groups in total. The van der Waals surface area contributed by atoms with Crippen LogP contribution < -0.4 is 5.32 Å². The molecule has 19 heavy (non-hydrogen) atoms. The molecule has 1 aromatic rings. The van der Waals surface area contributed by atoms with Gasteiger partial charge in [-0.15, -0.1) is 0 Å². The highest BCUT2D eigenvalue weighted by Crippen LogP contribution is 2.24. The van der Waals surface area contributed by atoms with E-state index in [4.69, 9.17) is 5.11 Å². The van der Waals surface area contributed by atoms with Gasteiger partial charge >= 0.3 is 5.97 Å². The number of aromatic carboxylic acids is 1. The van der Waals surface area contributed by atoms with E-state index in [0.717, 1.165) is 19.3 Å². The molecule has 2 rings (SSSR count). The van der Waals surface area contributed by atoms with Gasteiger partial charge in [-0.1, -0.05) is 19.8 Å². The molecule has 0 saturated heterocycles. The van der Waals surface area contributed by atoms with Crippen molar-refractivity contribution in [2.75, 3.05) is 0 Å². The number of amides is 1. The lowest BCUT2D eigenvalue weighted by molar-refractivity contribution is 0.0689. The van der Waals surface area contributed by atoms with Crippen LogP contribution in [0.25, 0.3) is 0 Å². The summed E-state index contributed by atoms with van der Waals surface area (Å²) in [5, 5.41) is 15.9. The summed E-state index contributed by atoms with van der Waals surface area (Å²) in [7, 11) is 1.60. The Bertz CT molecular complexity index is 495. The van der Waals surface area contributed by atoms with Crippen LogP contribution in [-0.2, 0) is 7.05 Å². The first kappa shape index (κ1) is 13.6. The predicted octanol–water partition coefficient (Wildman–Crippen LogP) is 1.43. The van der Waals surface area contributed by atoms with Crippen molar-refractivity contribution in [3.05, 3.63) is 17.5 Å². The lowest BCUT2D eigenvalue weighted by atomic mass is 9.86. The topological polar surface area (TPSA) is 84.2 Å². The standard InChI is InChI=1S/C13H19N3O3/c1-8-5-3-4-6-10(8)14-12(17)11-9(13(18)19)7-16(2)15-11/h7-8,10H,3-6H2,1-2H3,(H,14,17)(H,18,19). The van der Waals surface area contributed by atoms with Crippen molar-refractivity contribution in [2.24, 2.45) is 13.0 Å². The van der Waals surface area contributed by atoms with Crippen molar-refractivity contribution >= 4 is 11.9 Å². The van der Waals surface area contributed by atoms with Gasteiger partial charge in [0.25, 0.3) is 5.91 Å². The number of hydrogen-bond donors (Lipinski definition) is 2. The number of aromatic nitrogens is 2. The number of carbonyl (C=O) groups excluding carboxylic acids is 1. The van der Waals surface area contributed by atoms with E-state index >= 15 is 0 Å². The first-order chi connectivity index (χ1) is 8.99. The molecule has 104 valence electrons. The molecule has 0 aromatic carbocycles. The molecule has 0 spiro atoms. The van der Waals surface area contributed by atoms with Crippen LogP contribution in [0.15, 0.2) is 6.20 Å². The maximum absolute atomic E-state index is 12.1. The smallest absolute Gasteiger partial charge is 0.339 e. The minimum absolute atomic E-state index is 0.00669. The van der Waals surface area contributed by atoms with E-state index in [-0.39, 0.29) is 17.3 Å². The van der Waals surface area contributed by atoms with Crippen LogP contribution in [0.5, 0.6) is 0 Å². The van der Waals surface area contributed by atoms with Crippen molar-refractivity contribution in [1.82, 2.24) is 15.1 Å². The van der Waals surface area contributed by atoms with Gasteiger partial charge in [0.2, 0.25) is 0 Å². The molecule has 6 nitrogen and oxygen atoms in total. The Morgan fingerprint density at radius 3 is 2.74 bits per heavy atom. The van der Waals surface area contributed by atoms with E-state index in [1.807, 2.05) is 0 Å². The molecule has 0 bridgehead atoms. The Labute approximate surface area is 111 Å². The summed E-state index contributed by atoms with van der Waals surface area (Å²) in [6.45, 7) is 2.11. The van der Waals surface area contributed by atoms with Crippen LogP contribution >= 0.6 is 0 Å². The van der Waals surface area contributed by atoms with Crippen LogP contribution in [0, 0.1) is 5.92 Å². The summed E-state index contributed by atoms with van der Waals surface area (Å²) in [6.07, 6.45) is 5.68. The molecule has 1 fully saturated rings. The largest absolute Gasteiger partial charge is 0.478 e. The van der Waals surface area contributed by atoms with Gasteiger partial charge in [0, 0.05) is 19.3 Å². The number of rotatable bonds is 3. The second kappa shape index (κ2) is 5.42. The van der Waals surface area contributed by atoms with Gasteiger partial charge in [-0.25, -0.2) is 4.79 Å². The molecule has 1 aliphatic rings. The van der Waals surface area contributed by atoms with E-state index in [9.17, 15) is 9.59 Å². The zero-order chi connectivity index (χ0) is 14.0. The highest BCUT2D eigenvalue weighted by atomic mass is 16.4. The molecule has 6 heteroatoms. The summed E-state index contributed by atoms with van der Waals surface area (Å²) in [6, 6.07) is 0.116. The number of nitrogens with one attached hydrogen (secondary N) is 1. The molecule has 2 unspecified atom stereocenters. The number of hydrogen-bond acceptors (Lipinski definition) is 3. The highest BCUT2D eigenvalue weighted by molar-refractivity contribution is 6.03. The Hall–Kier alpha value is -1.85. The Morgan fingerprint density at radius 2 is 2.11 bits per heavy atom. The SMILES string of the molecule is CC1CCCCC1NC(=O)c1nn(C)cc1C(=O)O. The minimum Gasteiger partial charge on any atom is -0.478 e. The van der Waals surface area contributed by atoms with E-state index < -0.39 is 11.9 Å². The third-order valence-corrected chi connectivity index (χ3v) is 3.70. The Balaban J connectivity index is 2.13. The molecular weight excluding hydrogens is 246 g/mol. The predicted molar refractivity (Wildman–Crippen MR) is 69.1 cm³/mol. The fourth-order valence-corrected chi connectivity index (χ4v) is 2.58. The van der Waals surface area contributed by atoms with Gasteiger partial charge in [-0.2, -0.15) is 5.10 Å². The van der Waals surface area contributed by atoms with Gasteiger partial charge in [0.15, 0.2) is 5.69 Å². The first-order valence-corrected chi connectivity index (χ1v) is 6.57. The number of carboxylic acid groups (broad SMARTS) is 1. The van der Waals surface area contributed by atoms with Crippen LogP contribution in [-0.4, -0.2) is 32.8 Å². The normalized spacial score (nSPS) is 23.1. The Morgan fingerprint density at radius 1 is 1.42 bits per heavy atom. The monoisotopic (exact) mass is 265 g/mol. The second-order valence-electron chi connectivity index (χ2n) is 5.21. The van der Waals surface area contributed by atoms with Gasteiger partial charge < -0.3 is 10.4 Å². The zero-order valence-corrected chi connectivity index (χ0v) is 11.2. The van der Waals surface area contributed by atoms with E-state index in [1.165, 1.54) is 17.3 Å². The summed E-state index contributed by atoms with van der Waals surface area (Å²) in [4.78, 5) is 23.2. The minimum atomic E-state index is -1.13. The number of aryl methyl sites for hydroxylation is 1. The Kier molecular flexibility index (Phi) is 3.87. The molecule has 1 saturated carbocycles. The highest BCUT2D eigenvalue weighted by Gasteiger charge is 2.27. The molecule has 0 aliphatic heterocycles. The molecule has 1 amide bonds. The molecule has 1 aliphatic carbocycles. The molecule has 2 atom stereocenters. The third kappa shape index (κ3) is 2.94. The maximum atomic E-state index is 12.1. The fraction of sp³-hybridized carbons (Fsp3) is 0.615. The first-order valence-electron chi connectivity index (χ1n) is 6.57. The fourth-order valence-electron chi connectivity index (χ4n) is 2.58. The number of carbonyl (C=O) groups is 2. The van der Waals surface area contributed by atoms with E-state index in [0.29, 0.717) is 5.92 Å². The van der Waals surface area contributed by atoms with E-state index in [2.05, 4.69) is 17.3 Å². The quantitative estimate of drug-likeness (QED) is 0.865. The van der Waals surface area contributed by atoms with Gasteiger partial charge in [-0.05, 0) is 18.8 Å². The lowest BCUT2D eigenvalue weighted by Crippen LogP contribution is -2.41.